The molecule has 0 saturated heterocycles. The number of carbonyl (C=O) groups is 1. The van der Waals surface area contributed by atoms with Crippen molar-refractivity contribution in [2.75, 3.05) is 6.79 Å². The monoisotopic (exact) mass is 270 g/mol. The second-order valence-corrected chi connectivity index (χ2v) is 4.96. The summed E-state index contributed by atoms with van der Waals surface area (Å²) in [6.07, 6.45) is 1.73. The summed E-state index contributed by atoms with van der Waals surface area (Å²) in [5.41, 5.74) is -0.853. The highest BCUT2D eigenvalue weighted by molar-refractivity contribution is 6.32. The van der Waals surface area contributed by atoms with E-state index in [1.165, 1.54) is 6.07 Å². The van der Waals surface area contributed by atoms with Crippen molar-refractivity contribution in [3.8, 4) is 17.2 Å². The van der Waals surface area contributed by atoms with E-state index in [0.717, 1.165) is 6.42 Å². The van der Waals surface area contributed by atoms with Crippen LogP contribution in [0.15, 0.2) is 6.07 Å². The summed E-state index contributed by atoms with van der Waals surface area (Å²) in [5, 5.41) is 19.6. The molecule has 1 aromatic carbocycles. The molecule has 0 bridgehead atoms. The molecule has 1 saturated carbocycles. The van der Waals surface area contributed by atoms with Gasteiger partial charge < -0.3 is 19.7 Å². The Kier molecular flexibility index (Phi) is 2.35. The summed E-state index contributed by atoms with van der Waals surface area (Å²) in [4.78, 5) is 11.5. The number of phenolic OH excluding ortho intramolecular Hbond substituents is 1. The highest BCUT2D eigenvalue weighted by atomic mass is 35.5. The summed E-state index contributed by atoms with van der Waals surface area (Å²) >= 11 is 5.91. The third kappa shape index (κ3) is 1.31. The summed E-state index contributed by atoms with van der Waals surface area (Å²) in [7, 11) is 0. The Balaban J connectivity index is 2.25. The Morgan fingerprint density at radius 1 is 1.39 bits per heavy atom. The van der Waals surface area contributed by atoms with Gasteiger partial charge >= 0.3 is 5.97 Å². The third-order valence-corrected chi connectivity index (χ3v) is 3.97. The Morgan fingerprint density at radius 3 is 2.67 bits per heavy atom. The minimum Gasteiger partial charge on any atom is -0.506 e. The molecule has 5 nitrogen and oxygen atoms in total. The van der Waals surface area contributed by atoms with Crippen LogP contribution in [-0.4, -0.2) is 23.0 Å². The van der Waals surface area contributed by atoms with Crippen LogP contribution in [0.25, 0.3) is 0 Å². The molecule has 0 atom stereocenters. The van der Waals surface area contributed by atoms with Crippen LogP contribution >= 0.6 is 11.6 Å². The molecule has 0 spiro atoms. The quantitative estimate of drug-likeness (QED) is 0.862. The Hall–Kier alpha value is -1.62. The highest BCUT2D eigenvalue weighted by Crippen LogP contribution is 2.56. The Morgan fingerprint density at radius 2 is 2.11 bits per heavy atom. The molecule has 0 aromatic heterocycles. The first kappa shape index (κ1) is 11.5. The lowest BCUT2D eigenvalue weighted by Gasteiger charge is -2.38. The molecule has 6 heteroatoms. The van der Waals surface area contributed by atoms with Crippen LogP contribution in [0.2, 0.25) is 5.02 Å². The first-order valence-electron chi connectivity index (χ1n) is 5.61. The predicted molar refractivity (Wildman–Crippen MR) is 62.4 cm³/mol. The SMILES string of the molecule is O=C(O)C1(c2c(O)c(Cl)cc3c2OCO3)CCC1. The van der Waals surface area contributed by atoms with E-state index in [2.05, 4.69) is 0 Å². The van der Waals surface area contributed by atoms with Gasteiger partial charge in [-0.3, -0.25) is 4.79 Å². The van der Waals surface area contributed by atoms with Gasteiger partial charge in [-0.1, -0.05) is 18.0 Å². The van der Waals surface area contributed by atoms with Crippen LogP contribution in [0, 0.1) is 0 Å². The van der Waals surface area contributed by atoms with Crippen molar-refractivity contribution in [2.24, 2.45) is 0 Å². The largest absolute Gasteiger partial charge is 0.506 e. The number of hydrogen-bond donors (Lipinski definition) is 2. The predicted octanol–water partition coefficient (Wildman–Crippen LogP) is 2.28. The van der Waals surface area contributed by atoms with Crippen molar-refractivity contribution in [3.05, 3.63) is 16.7 Å². The average Bonchev–Trinajstić information content (AvgIpc) is 2.68. The standard InChI is InChI=1S/C12H11ClO5/c13-6-4-7-10(18-5-17-7)8(9(6)14)12(11(15)16)2-1-3-12/h4,14H,1-3,5H2,(H,15,16). The summed E-state index contributed by atoms with van der Waals surface area (Å²) in [6, 6.07) is 1.44. The number of hydrogen-bond acceptors (Lipinski definition) is 4. The molecule has 3 rings (SSSR count). The van der Waals surface area contributed by atoms with Crippen molar-refractivity contribution in [2.45, 2.75) is 24.7 Å². The smallest absolute Gasteiger partial charge is 0.314 e. The van der Waals surface area contributed by atoms with E-state index >= 15 is 0 Å². The van der Waals surface area contributed by atoms with Gasteiger partial charge in [0.2, 0.25) is 6.79 Å². The molecule has 2 N–H and O–H groups in total. The van der Waals surface area contributed by atoms with Gasteiger partial charge in [-0.25, -0.2) is 0 Å². The molecular weight excluding hydrogens is 260 g/mol. The number of rotatable bonds is 2. The molecular formula is C12H11ClO5. The third-order valence-electron chi connectivity index (χ3n) is 3.68. The van der Waals surface area contributed by atoms with Gasteiger partial charge in [-0.05, 0) is 12.8 Å². The van der Waals surface area contributed by atoms with Crippen LogP contribution in [0.4, 0.5) is 0 Å². The van der Waals surface area contributed by atoms with Crippen LogP contribution in [-0.2, 0) is 10.2 Å². The number of carboxylic acid groups (broad SMARTS) is 1. The molecule has 1 aliphatic carbocycles. The summed E-state index contributed by atoms with van der Waals surface area (Å²) in [6.45, 7) is 0.0117. The van der Waals surface area contributed by atoms with Crippen molar-refractivity contribution in [3.63, 3.8) is 0 Å². The molecule has 2 aliphatic rings. The van der Waals surface area contributed by atoms with E-state index in [4.69, 9.17) is 21.1 Å². The lowest BCUT2D eigenvalue weighted by molar-refractivity contribution is -0.147. The van der Waals surface area contributed by atoms with Crippen LogP contribution in [0.3, 0.4) is 0 Å². The Bertz CT molecular complexity index is 536. The molecule has 18 heavy (non-hydrogen) atoms. The number of fused-ring (bicyclic) bond motifs is 1. The number of phenols is 1. The van der Waals surface area contributed by atoms with Crippen molar-refractivity contribution < 1.29 is 24.5 Å². The zero-order chi connectivity index (χ0) is 12.9. The Labute approximate surface area is 108 Å². The maximum Gasteiger partial charge on any atom is 0.314 e. The fourth-order valence-corrected chi connectivity index (χ4v) is 2.74. The fraction of sp³-hybridized carbons (Fsp3) is 0.417. The normalized spacial score (nSPS) is 19.4. The van der Waals surface area contributed by atoms with Gasteiger partial charge in [-0.15, -0.1) is 0 Å². The number of halogens is 1. The van der Waals surface area contributed by atoms with Gasteiger partial charge in [0, 0.05) is 6.07 Å². The van der Waals surface area contributed by atoms with Crippen LogP contribution < -0.4 is 9.47 Å². The molecule has 0 amide bonds. The zero-order valence-corrected chi connectivity index (χ0v) is 10.2. The van der Waals surface area contributed by atoms with Gasteiger partial charge in [0.05, 0.1) is 10.6 Å². The van der Waals surface area contributed by atoms with Crippen LogP contribution in [0.5, 0.6) is 17.2 Å². The van der Waals surface area contributed by atoms with Crippen molar-refractivity contribution in [1.29, 1.82) is 0 Å². The summed E-state index contributed by atoms with van der Waals surface area (Å²) < 4.78 is 10.5. The highest BCUT2D eigenvalue weighted by Gasteiger charge is 2.51. The lowest BCUT2D eigenvalue weighted by Crippen LogP contribution is -2.42. The lowest BCUT2D eigenvalue weighted by atomic mass is 9.64. The molecule has 1 heterocycles. The minimum absolute atomic E-state index is 0.0117. The number of carboxylic acids is 1. The van der Waals surface area contributed by atoms with Crippen molar-refractivity contribution >= 4 is 17.6 Å². The van der Waals surface area contributed by atoms with Gasteiger partial charge in [0.25, 0.3) is 0 Å². The fourth-order valence-electron chi connectivity index (χ4n) is 2.55. The molecule has 0 radical (unpaired) electrons. The first-order chi connectivity index (χ1) is 8.56. The van der Waals surface area contributed by atoms with Crippen LogP contribution in [0.1, 0.15) is 24.8 Å². The molecule has 0 unspecified atom stereocenters. The zero-order valence-electron chi connectivity index (χ0n) is 9.40. The number of ether oxygens (including phenoxy) is 2. The molecule has 1 fully saturated rings. The maximum atomic E-state index is 11.5. The topological polar surface area (TPSA) is 76.0 Å². The van der Waals surface area contributed by atoms with E-state index in [9.17, 15) is 15.0 Å². The van der Waals surface area contributed by atoms with Crippen molar-refractivity contribution in [1.82, 2.24) is 0 Å². The van der Waals surface area contributed by atoms with E-state index < -0.39 is 11.4 Å². The second kappa shape index (κ2) is 3.68. The maximum absolute atomic E-state index is 11.5. The molecule has 1 aromatic rings. The van der Waals surface area contributed by atoms with Gasteiger partial charge in [0.1, 0.15) is 11.2 Å². The number of aromatic hydroxyl groups is 1. The minimum atomic E-state index is -1.10. The van der Waals surface area contributed by atoms with E-state index in [1.807, 2.05) is 0 Å². The molecule has 1 aliphatic heterocycles. The second-order valence-electron chi connectivity index (χ2n) is 4.56. The first-order valence-corrected chi connectivity index (χ1v) is 5.99. The van der Waals surface area contributed by atoms with E-state index in [0.29, 0.717) is 24.3 Å². The average molecular weight is 271 g/mol. The van der Waals surface area contributed by atoms with E-state index in [-0.39, 0.29) is 23.1 Å². The van der Waals surface area contributed by atoms with Gasteiger partial charge in [0.15, 0.2) is 11.5 Å². The van der Waals surface area contributed by atoms with E-state index in [1.54, 1.807) is 0 Å². The number of aliphatic carboxylic acids is 1. The summed E-state index contributed by atoms with van der Waals surface area (Å²) in [5.74, 6) is -0.494. The number of benzene rings is 1. The van der Waals surface area contributed by atoms with Gasteiger partial charge in [-0.2, -0.15) is 0 Å². The molecule has 96 valence electrons.